The van der Waals surface area contributed by atoms with Crippen LogP contribution in [0.1, 0.15) is 53.8 Å². The molecule has 1 N–H and O–H groups in total. The van der Waals surface area contributed by atoms with Crippen LogP contribution in [0, 0.1) is 0 Å². The number of fused-ring (bicyclic) bond motifs is 2. The van der Waals surface area contributed by atoms with Gasteiger partial charge < -0.3 is 0 Å². The van der Waals surface area contributed by atoms with Crippen molar-refractivity contribution in [1.29, 1.82) is 0 Å². The van der Waals surface area contributed by atoms with E-state index in [9.17, 15) is 9.59 Å². The van der Waals surface area contributed by atoms with E-state index < -0.39 is 0 Å². The first-order valence-corrected chi connectivity index (χ1v) is 11.5. The number of carbonyl (C=O) groups excluding carboxylic acids is 2. The summed E-state index contributed by atoms with van der Waals surface area (Å²) in [5.74, 6) is -0.656. The van der Waals surface area contributed by atoms with Gasteiger partial charge in [-0.2, -0.15) is 0 Å². The van der Waals surface area contributed by atoms with E-state index in [0.29, 0.717) is 11.1 Å². The maximum atomic E-state index is 12.4. The van der Waals surface area contributed by atoms with Gasteiger partial charge in [0.15, 0.2) is 0 Å². The molecule has 4 heteroatoms. The molecule has 1 aliphatic heterocycles. The SMILES string of the molecule is CCCCC.O=C1NC(=O)c2ccc3c4ccc(Br)c5cccc(c6ccc1c2c63)c54. The van der Waals surface area contributed by atoms with Crippen LogP contribution in [0.3, 0.4) is 0 Å². The number of benzene rings is 5. The van der Waals surface area contributed by atoms with Crippen molar-refractivity contribution in [3.63, 3.8) is 0 Å². The molecule has 0 unspecified atom stereocenters. The van der Waals surface area contributed by atoms with E-state index in [2.05, 4.69) is 59.4 Å². The Bertz CT molecular complexity index is 1430. The maximum Gasteiger partial charge on any atom is 0.258 e. The average Bonchev–Trinajstić information content (AvgIpc) is 2.78. The van der Waals surface area contributed by atoms with Crippen LogP contribution in [0.4, 0.5) is 0 Å². The molecule has 0 bridgehead atoms. The first kappa shape index (κ1) is 20.0. The molecular formula is C27H22BrNO2. The minimum absolute atomic E-state index is 0.328. The van der Waals surface area contributed by atoms with Gasteiger partial charge in [0.05, 0.1) is 0 Å². The topological polar surface area (TPSA) is 46.2 Å². The normalized spacial score (nSPS) is 13.1. The van der Waals surface area contributed by atoms with Crippen LogP contribution in [-0.2, 0) is 0 Å². The summed E-state index contributed by atoms with van der Waals surface area (Å²) in [4.78, 5) is 24.7. The Morgan fingerprint density at radius 1 is 0.645 bits per heavy atom. The lowest BCUT2D eigenvalue weighted by atomic mass is 9.85. The molecule has 0 aliphatic carbocycles. The molecule has 0 atom stereocenters. The number of imide groups is 1. The molecule has 6 rings (SSSR count). The number of carbonyl (C=O) groups is 2. The average molecular weight is 472 g/mol. The van der Waals surface area contributed by atoms with Crippen LogP contribution in [0.25, 0.3) is 43.1 Å². The van der Waals surface area contributed by atoms with E-state index in [1.54, 1.807) is 0 Å². The first-order chi connectivity index (χ1) is 15.1. The van der Waals surface area contributed by atoms with Gasteiger partial charge in [-0.1, -0.05) is 85.4 Å². The van der Waals surface area contributed by atoms with E-state index in [4.69, 9.17) is 0 Å². The van der Waals surface area contributed by atoms with Gasteiger partial charge in [-0.05, 0) is 55.9 Å². The summed E-state index contributed by atoms with van der Waals surface area (Å²) in [7, 11) is 0. The lowest BCUT2D eigenvalue weighted by molar-refractivity contribution is 0.0845. The van der Waals surface area contributed by atoms with E-state index in [1.165, 1.54) is 24.6 Å². The van der Waals surface area contributed by atoms with E-state index in [-0.39, 0.29) is 11.8 Å². The second kappa shape index (κ2) is 7.61. The summed E-state index contributed by atoms with van der Waals surface area (Å²) in [5, 5.41) is 10.9. The van der Waals surface area contributed by atoms with Crippen molar-refractivity contribution in [1.82, 2.24) is 5.32 Å². The molecule has 2 amide bonds. The summed E-state index contributed by atoms with van der Waals surface area (Å²) >= 11 is 3.66. The number of hydrogen-bond donors (Lipinski definition) is 1. The van der Waals surface area contributed by atoms with Gasteiger partial charge in [-0.15, -0.1) is 0 Å². The molecule has 31 heavy (non-hydrogen) atoms. The Hall–Kier alpha value is -2.98. The van der Waals surface area contributed by atoms with Crippen molar-refractivity contribution in [3.8, 4) is 0 Å². The van der Waals surface area contributed by atoms with Crippen molar-refractivity contribution in [2.45, 2.75) is 33.1 Å². The maximum absolute atomic E-state index is 12.4. The van der Waals surface area contributed by atoms with Crippen molar-refractivity contribution in [3.05, 3.63) is 70.2 Å². The molecule has 0 aromatic heterocycles. The molecule has 154 valence electrons. The highest BCUT2D eigenvalue weighted by molar-refractivity contribution is 9.10. The number of nitrogens with one attached hydrogen (secondary N) is 1. The van der Waals surface area contributed by atoms with Gasteiger partial charge in [0, 0.05) is 21.0 Å². The Balaban J connectivity index is 0.000000371. The lowest BCUT2D eigenvalue weighted by Gasteiger charge is -2.21. The van der Waals surface area contributed by atoms with Crippen LogP contribution < -0.4 is 5.32 Å². The fraction of sp³-hybridized carbons (Fsp3) is 0.185. The standard InChI is InChI=1S/C22H10BrNO2.C5H12/c23-17-9-8-11-13-5-7-16-20-15(21(25)24-22(16)26)6-4-12(19(13)20)10-2-1-3-14(17)18(10)11;1-3-5-4-2/h1-9H,(H,24,25,26);3-5H2,1-2H3. The molecule has 0 spiro atoms. The number of unbranched alkanes of at least 4 members (excludes halogenated alkanes) is 2. The molecule has 5 aromatic carbocycles. The first-order valence-electron chi connectivity index (χ1n) is 10.7. The van der Waals surface area contributed by atoms with Gasteiger partial charge in [0.25, 0.3) is 11.8 Å². The summed E-state index contributed by atoms with van der Waals surface area (Å²) < 4.78 is 1.06. The van der Waals surface area contributed by atoms with Crippen LogP contribution >= 0.6 is 15.9 Å². The van der Waals surface area contributed by atoms with Crippen molar-refractivity contribution < 1.29 is 9.59 Å². The van der Waals surface area contributed by atoms with Crippen molar-refractivity contribution >= 4 is 70.8 Å². The summed E-state index contributed by atoms with van der Waals surface area (Å²) in [5.41, 5.74) is 1.13. The van der Waals surface area contributed by atoms with E-state index in [0.717, 1.165) is 42.2 Å². The largest absolute Gasteiger partial charge is 0.288 e. The number of rotatable bonds is 2. The van der Waals surface area contributed by atoms with Gasteiger partial charge in [0.2, 0.25) is 0 Å². The summed E-state index contributed by atoms with van der Waals surface area (Å²) in [6, 6.07) is 18.1. The van der Waals surface area contributed by atoms with Crippen molar-refractivity contribution in [2.75, 3.05) is 0 Å². The van der Waals surface area contributed by atoms with Gasteiger partial charge in [-0.25, -0.2) is 0 Å². The second-order valence-electron chi connectivity index (χ2n) is 8.03. The minimum Gasteiger partial charge on any atom is -0.288 e. The van der Waals surface area contributed by atoms with Crippen molar-refractivity contribution in [2.24, 2.45) is 0 Å². The summed E-state index contributed by atoms with van der Waals surface area (Å²) in [6.45, 7) is 4.42. The quantitative estimate of drug-likeness (QED) is 0.164. The molecule has 1 heterocycles. The third-order valence-electron chi connectivity index (χ3n) is 6.15. The highest BCUT2D eigenvalue weighted by Gasteiger charge is 2.27. The zero-order valence-corrected chi connectivity index (χ0v) is 19.1. The van der Waals surface area contributed by atoms with Gasteiger partial charge >= 0.3 is 0 Å². The van der Waals surface area contributed by atoms with E-state index >= 15 is 0 Å². The molecule has 0 radical (unpaired) electrons. The Kier molecular flexibility index (Phi) is 4.90. The Labute approximate surface area is 188 Å². The fourth-order valence-corrected chi connectivity index (χ4v) is 5.20. The Morgan fingerprint density at radius 3 is 1.74 bits per heavy atom. The Morgan fingerprint density at radius 2 is 1.16 bits per heavy atom. The number of hydrogen-bond acceptors (Lipinski definition) is 2. The van der Waals surface area contributed by atoms with Gasteiger partial charge in [-0.3, -0.25) is 14.9 Å². The van der Waals surface area contributed by atoms with Crippen LogP contribution in [0.5, 0.6) is 0 Å². The molecule has 0 saturated heterocycles. The highest BCUT2D eigenvalue weighted by Crippen LogP contribution is 2.44. The molecule has 0 saturated carbocycles. The van der Waals surface area contributed by atoms with Crippen LogP contribution in [-0.4, -0.2) is 11.8 Å². The predicted octanol–water partition coefficient (Wildman–Crippen LogP) is 7.58. The lowest BCUT2D eigenvalue weighted by Crippen LogP contribution is -2.34. The monoisotopic (exact) mass is 471 g/mol. The molecular weight excluding hydrogens is 450 g/mol. The number of amides is 2. The zero-order chi connectivity index (χ0) is 21.7. The predicted molar refractivity (Wildman–Crippen MR) is 132 cm³/mol. The van der Waals surface area contributed by atoms with Crippen LogP contribution in [0.15, 0.2) is 59.1 Å². The van der Waals surface area contributed by atoms with E-state index in [1.807, 2.05) is 30.3 Å². The molecule has 1 aliphatic rings. The molecule has 5 aromatic rings. The minimum atomic E-state index is -0.328. The third kappa shape index (κ3) is 2.93. The second-order valence-corrected chi connectivity index (χ2v) is 8.89. The fourth-order valence-electron chi connectivity index (χ4n) is 4.73. The van der Waals surface area contributed by atoms with Gasteiger partial charge in [0.1, 0.15) is 0 Å². The zero-order valence-electron chi connectivity index (χ0n) is 17.5. The number of halogens is 1. The van der Waals surface area contributed by atoms with Crippen LogP contribution in [0.2, 0.25) is 0 Å². The molecule has 0 fully saturated rings. The summed E-state index contributed by atoms with van der Waals surface area (Å²) in [6.07, 6.45) is 4.08. The third-order valence-corrected chi connectivity index (χ3v) is 6.84. The molecule has 3 nitrogen and oxygen atoms in total. The highest BCUT2D eigenvalue weighted by atomic mass is 79.9. The smallest absolute Gasteiger partial charge is 0.258 e.